The van der Waals surface area contributed by atoms with E-state index in [2.05, 4.69) is 29.5 Å². The molecule has 3 aromatic rings. The standard InChI is InChI=1S/C18H19N3OS/c1-13-17(10-19-18(22)16-8-9-23-12-16)14(2)21(20-13)11-15-6-4-3-5-7-15/h3-9,12H,10-11H2,1-2H3,(H,19,22). The quantitative estimate of drug-likeness (QED) is 0.780. The van der Waals surface area contributed by atoms with Gasteiger partial charge in [-0.1, -0.05) is 30.3 Å². The van der Waals surface area contributed by atoms with E-state index in [9.17, 15) is 4.79 Å². The van der Waals surface area contributed by atoms with Crippen LogP contribution in [0.4, 0.5) is 0 Å². The third-order valence-electron chi connectivity index (χ3n) is 3.92. The van der Waals surface area contributed by atoms with Crippen molar-refractivity contribution in [3.8, 4) is 0 Å². The summed E-state index contributed by atoms with van der Waals surface area (Å²) in [6.07, 6.45) is 0. The maximum Gasteiger partial charge on any atom is 0.252 e. The maximum atomic E-state index is 12.1. The summed E-state index contributed by atoms with van der Waals surface area (Å²) in [7, 11) is 0. The van der Waals surface area contributed by atoms with Crippen molar-refractivity contribution in [3.63, 3.8) is 0 Å². The van der Waals surface area contributed by atoms with Crippen LogP contribution in [-0.2, 0) is 13.1 Å². The minimum Gasteiger partial charge on any atom is -0.348 e. The number of hydrogen-bond donors (Lipinski definition) is 1. The summed E-state index contributed by atoms with van der Waals surface area (Å²) in [5.41, 5.74) is 5.07. The van der Waals surface area contributed by atoms with E-state index >= 15 is 0 Å². The minimum atomic E-state index is -0.0409. The van der Waals surface area contributed by atoms with Crippen molar-refractivity contribution in [2.45, 2.75) is 26.9 Å². The predicted octanol–water partition coefficient (Wildman–Crippen LogP) is 3.54. The van der Waals surface area contributed by atoms with Gasteiger partial charge in [-0.3, -0.25) is 9.48 Å². The molecule has 3 rings (SSSR count). The Balaban J connectivity index is 1.72. The maximum absolute atomic E-state index is 12.1. The molecule has 0 saturated carbocycles. The highest BCUT2D eigenvalue weighted by molar-refractivity contribution is 7.08. The summed E-state index contributed by atoms with van der Waals surface area (Å²) >= 11 is 1.52. The molecule has 0 unspecified atom stereocenters. The van der Waals surface area contributed by atoms with Gasteiger partial charge in [0, 0.05) is 28.7 Å². The van der Waals surface area contributed by atoms with E-state index < -0.39 is 0 Å². The summed E-state index contributed by atoms with van der Waals surface area (Å²) in [5, 5.41) is 11.3. The molecule has 0 atom stereocenters. The molecule has 0 aliphatic carbocycles. The predicted molar refractivity (Wildman–Crippen MR) is 92.7 cm³/mol. The molecule has 2 aromatic heterocycles. The third kappa shape index (κ3) is 3.51. The molecule has 1 amide bonds. The van der Waals surface area contributed by atoms with Crippen molar-refractivity contribution in [2.75, 3.05) is 0 Å². The Hall–Kier alpha value is -2.40. The molecule has 118 valence electrons. The number of aromatic nitrogens is 2. The first kappa shape index (κ1) is 15.5. The van der Waals surface area contributed by atoms with Crippen LogP contribution in [-0.4, -0.2) is 15.7 Å². The molecular formula is C18H19N3OS. The Kier molecular flexibility index (Phi) is 4.57. The zero-order chi connectivity index (χ0) is 16.2. The van der Waals surface area contributed by atoms with Gasteiger partial charge < -0.3 is 5.32 Å². The second-order valence-corrected chi connectivity index (χ2v) is 6.27. The molecule has 1 N–H and O–H groups in total. The van der Waals surface area contributed by atoms with Crippen LogP contribution in [0.5, 0.6) is 0 Å². The van der Waals surface area contributed by atoms with Gasteiger partial charge in [-0.25, -0.2) is 0 Å². The zero-order valence-electron chi connectivity index (χ0n) is 13.2. The van der Waals surface area contributed by atoms with E-state index in [-0.39, 0.29) is 5.91 Å². The molecule has 0 fully saturated rings. The lowest BCUT2D eigenvalue weighted by Crippen LogP contribution is -2.22. The summed E-state index contributed by atoms with van der Waals surface area (Å²) < 4.78 is 2.00. The molecule has 0 aliphatic heterocycles. The van der Waals surface area contributed by atoms with Gasteiger partial charge in [0.15, 0.2) is 0 Å². The van der Waals surface area contributed by atoms with E-state index in [1.807, 2.05) is 46.6 Å². The highest BCUT2D eigenvalue weighted by Gasteiger charge is 2.13. The minimum absolute atomic E-state index is 0.0409. The van der Waals surface area contributed by atoms with Crippen molar-refractivity contribution in [1.82, 2.24) is 15.1 Å². The zero-order valence-corrected chi connectivity index (χ0v) is 14.1. The number of carbonyl (C=O) groups excluding carboxylic acids is 1. The third-order valence-corrected chi connectivity index (χ3v) is 4.60. The van der Waals surface area contributed by atoms with Crippen molar-refractivity contribution in [3.05, 3.63) is 75.2 Å². The Morgan fingerprint density at radius 3 is 2.70 bits per heavy atom. The van der Waals surface area contributed by atoms with Crippen molar-refractivity contribution < 1.29 is 4.79 Å². The van der Waals surface area contributed by atoms with Gasteiger partial charge in [-0.2, -0.15) is 16.4 Å². The van der Waals surface area contributed by atoms with Crippen molar-refractivity contribution in [1.29, 1.82) is 0 Å². The number of amides is 1. The fourth-order valence-corrected chi connectivity index (χ4v) is 3.20. The van der Waals surface area contributed by atoms with Gasteiger partial charge >= 0.3 is 0 Å². The van der Waals surface area contributed by atoms with Gasteiger partial charge in [0.05, 0.1) is 12.2 Å². The van der Waals surface area contributed by atoms with Crippen LogP contribution >= 0.6 is 11.3 Å². The normalized spacial score (nSPS) is 10.7. The van der Waals surface area contributed by atoms with Crippen LogP contribution in [0.3, 0.4) is 0 Å². The smallest absolute Gasteiger partial charge is 0.252 e. The first-order chi connectivity index (χ1) is 11.1. The van der Waals surface area contributed by atoms with E-state index in [1.54, 1.807) is 0 Å². The highest BCUT2D eigenvalue weighted by Crippen LogP contribution is 2.15. The molecule has 0 saturated heterocycles. The topological polar surface area (TPSA) is 46.9 Å². The second-order valence-electron chi connectivity index (χ2n) is 5.49. The van der Waals surface area contributed by atoms with E-state index in [0.717, 1.165) is 23.5 Å². The first-order valence-corrected chi connectivity index (χ1v) is 8.46. The van der Waals surface area contributed by atoms with Gasteiger partial charge in [-0.15, -0.1) is 0 Å². The van der Waals surface area contributed by atoms with E-state index in [0.29, 0.717) is 12.1 Å². The molecule has 0 radical (unpaired) electrons. The average molecular weight is 325 g/mol. The lowest BCUT2D eigenvalue weighted by atomic mass is 10.2. The molecule has 1 aromatic carbocycles. The van der Waals surface area contributed by atoms with Crippen LogP contribution < -0.4 is 5.32 Å². The summed E-state index contributed by atoms with van der Waals surface area (Å²) in [5.74, 6) is -0.0409. The summed E-state index contributed by atoms with van der Waals surface area (Å²) in [6.45, 7) is 5.28. The average Bonchev–Trinajstić information content (AvgIpc) is 3.17. The SMILES string of the molecule is Cc1nn(Cc2ccccc2)c(C)c1CNC(=O)c1ccsc1. The number of benzene rings is 1. The number of rotatable bonds is 5. The molecule has 4 nitrogen and oxygen atoms in total. The fourth-order valence-electron chi connectivity index (χ4n) is 2.56. The molecule has 0 bridgehead atoms. The number of aryl methyl sites for hydroxylation is 1. The molecule has 5 heteroatoms. The summed E-state index contributed by atoms with van der Waals surface area (Å²) in [6, 6.07) is 12.1. The lowest BCUT2D eigenvalue weighted by molar-refractivity contribution is 0.0951. The van der Waals surface area contributed by atoms with E-state index in [1.165, 1.54) is 16.9 Å². The number of thiophene rings is 1. The number of nitrogens with zero attached hydrogens (tertiary/aromatic N) is 2. The van der Waals surface area contributed by atoms with Crippen LogP contribution in [0.1, 0.15) is 32.9 Å². The van der Waals surface area contributed by atoms with Gasteiger partial charge in [0.2, 0.25) is 0 Å². The highest BCUT2D eigenvalue weighted by atomic mass is 32.1. The molecule has 23 heavy (non-hydrogen) atoms. The Morgan fingerprint density at radius 1 is 1.22 bits per heavy atom. The largest absolute Gasteiger partial charge is 0.348 e. The second kappa shape index (κ2) is 6.79. The Labute approximate surface area is 139 Å². The Bertz CT molecular complexity index is 791. The fraction of sp³-hybridized carbons (Fsp3) is 0.222. The molecule has 2 heterocycles. The van der Waals surface area contributed by atoms with Crippen LogP contribution in [0.25, 0.3) is 0 Å². The van der Waals surface area contributed by atoms with Crippen molar-refractivity contribution in [2.24, 2.45) is 0 Å². The molecule has 0 aliphatic rings. The van der Waals surface area contributed by atoms with Crippen molar-refractivity contribution >= 4 is 17.2 Å². The Morgan fingerprint density at radius 2 is 2.00 bits per heavy atom. The van der Waals surface area contributed by atoms with Gasteiger partial charge in [0.1, 0.15) is 0 Å². The van der Waals surface area contributed by atoms with Crippen LogP contribution in [0.15, 0.2) is 47.2 Å². The number of carbonyl (C=O) groups is 1. The van der Waals surface area contributed by atoms with Gasteiger partial charge in [0.25, 0.3) is 5.91 Å². The summed E-state index contributed by atoms with van der Waals surface area (Å²) in [4.78, 5) is 12.1. The molecular weight excluding hydrogens is 306 g/mol. The lowest BCUT2D eigenvalue weighted by Gasteiger charge is -2.07. The number of nitrogens with one attached hydrogen (secondary N) is 1. The van der Waals surface area contributed by atoms with Gasteiger partial charge in [-0.05, 0) is 30.9 Å². The van der Waals surface area contributed by atoms with Crippen LogP contribution in [0, 0.1) is 13.8 Å². The van der Waals surface area contributed by atoms with E-state index in [4.69, 9.17) is 0 Å². The monoisotopic (exact) mass is 325 g/mol. The molecule has 0 spiro atoms. The first-order valence-electron chi connectivity index (χ1n) is 7.52. The van der Waals surface area contributed by atoms with Crippen LogP contribution in [0.2, 0.25) is 0 Å². The number of hydrogen-bond acceptors (Lipinski definition) is 3.